The third kappa shape index (κ3) is 4.17. The van der Waals surface area contributed by atoms with Crippen molar-refractivity contribution in [3.8, 4) is 5.88 Å². The number of piperidine rings is 1. The summed E-state index contributed by atoms with van der Waals surface area (Å²) in [6.45, 7) is 0.990. The lowest BCUT2D eigenvalue weighted by molar-refractivity contribution is -0.121. The molecule has 3 rings (SSSR count). The molecule has 1 fully saturated rings. The summed E-state index contributed by atoms with van der Waals surface area (Å²) in [6, 6.07) is 8.92. The van der Waals surface area contributed by atoms with E-state index in [1.54, 1.807) is 23.2 Å². The van der Waals surface area contributed by atoms with Crippen LogP contribution in [0.4, 0.5) is 10.1 Å². The lowest BCUT2D eigenvalue weighted by Gasteiger charge is -2.31. The second kappa shape index (κ2) is 7.95. The number of hydrogen-bond donors (Lipinski definition) is 1. The Morgan fingerprint density at radius 3 is 2.42 bits per heavy atom. The van der Waals surface area contributed by atoms with Crippen LogP contribution in [0.1, 0.15) is 23.2 Å². The number of halogens is 1. The number of likely N-dealkylation sites (tertiary alicyclic amines) is 1. The molecule has 0 saturated carbocycles. The van der Waals surface area contributed by atoms with Crippen molar-refractivity contribution in [1.82, 2.24) is 9.88 Å². The van der Waals surface area contributed by atoms with Crippen LogP contribution in [-0.4, -0.2) is 41.9 Å². The first-order valence-electron chi connectivity index (χ1n) is 8.42. The average molecular weight is 357 g/mol. The lowest BCUT2D eigenvalue weighted by Crippen LogP contribution is -2.41. The summed E-state index contributed by atoms with van der Waals surface area (Å²) in [7, 11) is 1.53. The highest BCUT2D eigenvalue weighted by Crippen LogP contribution is 2.21. The highest BCUT2D eigenvalue weighted by molar-refractivity contribution is 5.95. The number of nitrogens with one attached hydrogen (secondary N) is 1. The summed E-state index contributed by atoms with van der Waals surface area (Å²) in [5, 5.41) is 2.84. The Morgan fingerprint density at radius 1 is 1.15 bits per heavy atom. The molecule has 2 aromatic rings. The van der Waals surface area contributed by atoms with E-state index in [0.717, 1.165) is 0 Å². The number of ether oxygens (including phenoxy) is 1. The van der Waals surface area contributed by atoms with Crippen LogP contribution in [-0.2, 0) is 4.79 Å². The molecule has 0 aliphatic carbocycles. The van der Waals surface area contributed by atoms with Crippen molar-refractivity contribution >= 4 is 17.5 Å². The summed E-state index contributed by atoms with van der Waals surface area (Å²) in [6.07, 6.45) is 2.72. The molecular weight excluding hydrogens is 337 g/mol. The number of methoxy groups -OCH3 is 1. The Labute approximate surface area is 151 Å². The van der Waals surface area contributed by atoms with E-state index in [1.165, 1.54) is 31.4 Å². The van der Waals surface area contributed by atoms with Crippen LogP contribution in [0.3, 0.4) is 0 Å². The zero-order chi connectivity index (χ0) is 18.5. The lowest BCUT2D eigenvalue weighted by atomic mass is 9.95. The molecule has 1 aliphatic heterocycles. The molecule has 1 aromatic heterocycles. The van der Waals surface area contributed by atoms with E-state index in [0.29, 0.717) is 43.1 Å². The molecule has 26 heavy (non-hydrogen) atoms. The minimum absolute atomic E-state index is 0.0779. The highest BCUT2D eigenvalue weighted by Gasteiger charge is 2.28. The number of amides is 2. The van der Waals surface area contributed by atoms with Gasteiger partial charge in [0, 0.05) is 30.6 Å². The number of benzene rings is 1. The molecule has 0 bridgehead atoms. The van der Waals surface area contributed by atoms with E-state index in [9.17, 15) is 14.0 Å². The number of hydrogen-bond acceptors (Lipinski definition) is 4. The molecule has 2 amide bonds. The minimum atomic E-state index is -0.370. The van der Waals surface area contributed by atoms with Gasteiger partial charge in [-0.2, -0.15) is 0 Å². The first kappa shape index (κ1) is 17.8. The molecule has 2 heterocycles. The van der Waals surface area contributed by atoms with Gasteiger partial charge in [0.25, 0.3) is 5.91 Å². The Morgan fingerprint density at radius 2 is 1.85 bits per heavy atom. The van der Waals surface area contributed by atoms with E-state index >= 15 is 0 Å². The fraction of sp³-hybridized carbons (Fsp3) is 0.316. The number of pyridine rings is 1. The number of carbonyl (C=O) groups is 2. The first-order chi connectivity index (χ1) is 12.6. The van der Waals surface area contributed by atoms with Gasteiger partial charge in [0.05, 0.1) is 19.0 Å². The fourth-order valence-corrected chi connectivity index (χ4v) is 2.94. The number of anilines is 1. The zero-order valence-electron chi connectivity index (χ0n) is 14.4. The van der Waals surface area contributed by atoms with Gasteiger partial charge in [0.15, 0.2) is 0 Å². The molecule has 7 heteroatoms. The first-order valence-corrected chi connectivity index (χ1v) is 8.42. The van der Waals surface area contributed by atoms with Gasteiger partial charge in [0.2, 0.25) is 11.8 Å². The van der Waals surface area contributed by atoms with Crippen molar-refractivity contribution in [2.24, 2.45) is 5.92 Å². The van der Waals surface area contributed by atoms with Gasteiger partial charge >= 0.3 is 0 Å². The van der Waals surface area contributed by atoms with Gasteiger partial charge in [-0.3, -0.25) is 9.59 Å². The molecule has 0 spiro atoms. The van der Waals surface area contributed by atoms with Crippen molar-refractivity contribution in [3.05, 3.63) is 54.0 Å². The smallest absolute Gasteiger partial charge is 0.253 e. The summed E-state index contributed by atoms with van der Waals surface area (Å²) in [5.74, 6) is -0.260. The molecular formula is C19H20FN3O3. The van der Waals surface area contributed by atoms with Gasteiger partial charge < -0.3 is 15.0 Å². The van der Waals surface area contributed by atoms with Crippen LogP contribution in [0, 0.1) is 11.7 Å². The van der Waals surface area contributed by atoms with Crippen molar-refractivity contribution in [1.29, 1.82) is 0 Å². The Bertz CT molecular complexity index is 770. The minimum Gasteiger partial charge on any atom is -0.481 e. The normalized spacial score (nSPS) is 14.8. The predicted octanol–water partition coefficient (Wildman–Crippen LogP) is 2.72. The van der Waals surface area contributed by atoms with E-state index in [-0.39, 0.29) is 23.5 Å². The molecule has 6 nitrogen and oxygen atoms in total. The number of aromatic nitrogens is 1. The largest absolute Gasteiger partial charge is 0.481 e. The maximum absolute atomic E-state index is 13.0. The molecule has 1 aromatic carbocycles. The monoisotopic (exact) mass is 357 g/mol. The van der Waals surface area contributed by atoms with Crippen LogP contribution in [0.2, 0.25) is 0 Å². The quantitative estimate of drug-likeness (QED) is 0.913. The van der Waals surface area contributed by atoms with E-state index in [2.05, 4.69) is 10.3 Å². The SMILES string of the molecule is COc1ccc(NC(=O)C2CCN(C(=O)c3ccc(F)cc3)CC2)cn1. The number of nitrogens with zero attached hydrogens (tertiary/aromatic N) is 2. The van der Waals surface area contributed by atoms with Crippen molar-refractivity contribution in [2.75, 3.05) is 25.5 Å². The standard InChI is InChI=1S/C19H20FN3O3/c1-26-17-7-6-16(12-21-17)22-18(24)13-8-10-23(11-9-13)19(25)14-2-4-15(20)5-3-14/h2-7,12-13H,8-11H2,1H3,(H,22,24). The van der Waals surface area contributed by atoms with Gasteiger partial charge in [0.1, 0.15) is 5.82 Å². The fourth-order valence-electron chi connectivity index (χ4n) is 2.94. The van der Waals surface area contributed by atoms with Gasteiger partial charge in [-0.1, -0.05) is 0 Å². The predicted molar refractivity (Wildman–Crippen MR) is 94.4 cm³/mol. The van der Waals surface area contributed by atoms with Crippen LogP contribution < -0.4 is 10.1 Å². The molecule has 0 radical (unpaired) electrons. The zero-order valence-corrected chi connectivity index (χ0v) is 14.4. The molecule has 1 N–H and O–H groups in total. The van der Waals surface area contributed by atoms with E-state index < -0.39 is 0 Å². The van der Waals surface area contributed by atoms with E-state index in [4.69, 9.17) is 4.74 Å². The third-order valence-corrected chi connectivity index (χ3v) is 4.46. The summed E-state index contributed by atoms with van der Waals surface area (Å²) >= 11 is 0. The Hall–Kier alpha value is -2.96. The third-order valence-electron chi connectivity index (χ3n) is 4.46. The van der Waals surface area contributed by atoms with Gasteiger partial charge in [-0.05, 0) is 43.2 Å². The topological polar surface area (TPSA) is 71.5 Å². The van der Waals surface area contributed by atoms with Crippen LogP contribution in [0.15, 0.2) is 42.6 Å². The molecule has 1 aliphatic rings. The maximum Gasteiger partial charge on any atom is 0.253 e. The second-order valence-corrected chi connectivity index (χ2v) is 6.15. The summed E-state index contributed by atoms with van der Waals surface area (Å²) in [4.78, 5) is 30.6. The van der Waals surface area contributed by atoms with Crippen molar-refractivity contribution in [2.45, 2.75) is 12.8 Å². The van der Waals surface area contributed by atoms with Gasteiger partial charge in [-0.15, -0.1) is 0 Å². The van der Waals surface area contributed by atoms with Crippen LogP contribution in [0.5, 0.6) is 5.88 Å². The van der Waals surface area contributed by atoms with Crippen molar-refractivity contribution < 1.29 is 18.7 Å². The highest BCUT2D eigenvalue weighted by atomic mass is 19.1. The summed E-state index contributed by atoms with van der Waals surface area (Å²) in [5.41, 5.74) is 1.07. The number of rotatable bonds is 4. The van der Waals surface area contributed by atoms with Crippen LogP contribution >= 0.6 is 0 Å². The molecule has 0 unspecified atom stereocenters. The van der Waals surface area contributed by atoms with E-state index in [1.807, 2.05) is 0 Å². The second-order valence-electron chi connectivity index (χ2n) is 6.15. The maximum atomic E-state index is 13.0. The molecule has 136 valence electrons. The van der Waals surface area contributed by atoms with Crippen molar-refractivity contribution in [3.63, 3.8) is 0 Å². The number of carbonyl (C=O) groups excluding carboxylic acids is 2. The van der Waals surface area contributed by atoms with Gasteiger partial charge in [-0.25, -0.2) is 9.37 Å². The average Bonchev–Trinajstić information content (AvgIpc) is 2.69. The Balaban J connectivity index is 1.53. The molecule has 1 saturated heterocycles. The Kier molecular flexibility index (Phi) is 5.46. The summed E-state index contributed by atoms with van der Waals surface area (Å²) < 4.78 is 18.0. The van der Waals surface area contributed by atoms with Crippen LogP contribution in [0.25, 0.3) is 0 Å². The molecule has 0 atom stereocenters.